The van der Waals surface area contributed by atoms with Crippen molar-refractivity contribution in [3.05, 3.63) is 17.8 Å². The Balaban J connectivity index is 2.00. The van der Waals surface area contributed by atoms with Crippen LogP contribution in [-0.4, -0.2) is 53.9 Å². The molecule has 0 bridgehead atoms. The van der Waals surface area contributed by atoms with E-state index in [1.165, 1.54) is 0 Å². The molecule has 2 heterocycles. The van der Waals surface area contributed by atoms with E-state index >= 15 is 0 Å². The number of anilines is 1. The summed E-state index contributed by atoms with van der Waals surface area (Å²) >= 11 is 0. The summed E-state index contributed by atoms with van der Waals surface area (Å²) in [7, 11) is 1.67. The van der Waals surface area contributed by atoms with Gasteiger partial charge in [0.2, 0.25) is 0 Å². The van der Waals surface area contributed by atoms with Gasteiger partial charge in [-0.15, -0.1) is 10.2 Å². The molecule has 0 saturated carbocycles. The van der Waals surface area contributed by atoms with Gasteiger partial charge >= 0.3 is 0 Å². The molecule has 6 heteroatoms. The zero-order chi connectivity index (χ0) is 13.0. The second kappa shape index (κ2) is 5.77. The van der Waals surface area contributed by atoms with E-state index in [1.807, 2.05) is 6.92 Å². The summed E-state index contributed by atoms with van der Waals surface area (Å²) in [5.41, 5.74) is 0.383. The molecule has 1 aromatic heterocycles. The van der Waals surface area contributed by atoms with Crippen molar-refractivity contribution in [1.29, 1.82) is 0 Å². The van der Waals surface area contributed by atoms with Crippen LogP contribution < -0.4 is 5.32 Å². The normalized spacial score (nSPS) is 19.0. The van der Waals surface area contributed by atoms with Gasteiger partial charge in [0.1, 0.15) is 5.82 Å². The van der Waals surface area contributed by atoms with Gasteiger partial charge in [0.25, 0.3) is 5.91 Å². The van der Waals surface area contributed by atoms with E-state index in [4.69, 9.17) is 4.74 Å². The standard InChI is InChI=1S/C12H18N4O2/c1-3-13-11-5-4-10(14-15-11)12(17)16-7-6-9(8-16)18-2/h4-5,9H,3,6-8H2,1-2H3,(H,13,15). The third kappa shape index (κ3) is 2.76. The summed E-state index contributed by atoms with van der Waals surface area (Å²) in [4.78, 5) is 13.9. The molecule has 18 heavy (non-hydrogen) atoms. The highest BCUT2D eigenvalue weighted by molar-refractivity contribution is 5.92. The van der Waals surface area contributed by atoms with E-state index in [1.54, 1.807) is 24.1 Å². The van der Waals surface area contributed by atoms with E-state index in [0.29, 0.717) is 24.6 Å². The van der Waals surface area contributed by atoms with Crippen LogP contribution in [0.2, 0.25) is 0 Å². The first-order valence-corrected chi connectivity index (χ1v) is 6.14. The Morgan fingerprint density at radius 3 is 2.94 bits per heavy atom. The Labute approximate surface area is 106 Å². The van der Waals surface area contributed by atoms with Gasteiger partial charge in [0.05, 0.1) is 6.10 Å². The minimum Gasteiger partial charge on any atom is -0.380 e. The van der Waals surface area contributed by atoms with Gasteiger partial charge < -0.3 is 15.0 Å². The van der Waals surface area contributed by atoms with Gasteiger partial charge in [-0.05, 0) is 25.5 Å². The lowest BCUT2D eigenvalue weighted by Crippen LogP contribution is -2.30. The fourth-order valence-electron chi connectivity index (χ4n) is 1.99. The van der Waals surface area contributed by atoms with E-state index in [2.05, 4.69) is 15.5 Å². The molecule has 1 fully saturated rings. The summed E-state index contributed by atoms with van der Waals surface area (Å²) in [6, 6.07) is 3.47. The van der Waals surface area contributed by atoms with E-state index in [0.717, 1.165) is 13.0 Å². The Morgan fingerprint density at radius 1 is 1.56 bits per heavy atom. The predicted molar refractivity (Wildman–Crippen MR) is 67.5 cm³/mol. The van der Waals surface area contributed by atoms with Crippen LogP contribution in [0.4, 0.5) is 5.82 Å². The van der Waals surface area contributed by atoms with Gasteiger partial charge in [-0.3, -0.25) is 4.79 Å². The van der Waals surface area contributed by atoms with E-state index in [9.17, 15) is 4.79 Å². The van der Waals surface area contributed by atoms with Crippen LogP contribution in [0, 0.1) is 0 Å². The smallest absolute Gasteiger partial charge is 0.274 e. The van der Waals surface area contributed by atoms with Crippen LogP contribution in [0.1, 0.15) is 23.8 Å². The molecule has 1 saturated heterocycles. The molecular weight excluding hydrogens is 232 g/mol. The minimum atomic E-state index is -0.0786. The number of nitrogens with zero attached hydrogens (tertiary/aromatic N) is 3. The van der Waals surface area contributed by atoms with Crippen molar-refractivity contribution in [1.82, 2.24) is 15.1 Å². The van der Waals surface area contributed by atoms with Crippen LogP contribution in [0.3, 0.4) is 0 Å². The molecular formula is C12H18N4O2. The first-order valence-electron chi connectivity index (χ1n) is 6.14. The zero-order valence-corrected chi connectivity index (χ0v) is 10.7. The highest BCUT2D eigenvalue weighted by Gasteiger charge is 2.27. The Hall–Kier alpha value is -1.69. The second-order valence-corrected chi connectivity index (χ2v) is 4.23. The van der Waals surface area contributed by atoms with Crippen molar-refractivity contribution < 1.29 is 9.53 Å². The zero-order valence-electron chi connectivity index (χ0n) is 10.7. The highest BCUT2D eigenvalue weighted by Crippen LogP contribution is 2.14. The van der Waals surface area contributed by atoms with Crippen molar-refractivity contribution in [3.8, 4) is 0 Å². The van der Waals surface area contributed by atoms with Crippen molar-refractivity contribution in [2.24, 2.45) is 0 Å². The summed E-state index contributed by atoms with van der Waals surface area (Å²) < 4.78 is 5.24. The fourth-order valence-corrected chi connectivity index (χ4v) is 1.99. The second-order valence-electron chi connectivity index (χ2n) is 4.23. The summed E-state index contributed by atoms with van der Waals surface area (Å²) in [6.45, 7) is 4.11. The third-order valence-corrected chi connectivity index (χ3v) is 3.01. The number of rotatable bonds is 4. The lowest BCUT2D eigenvalue weighted by Gasteiger charge is -2.15. The first-order chi connectivity index (χ1) is 8.74. The number of hydrogen-bond acceptors (Lipinski definition) is 5. The van der Waals surface area contributed by atoms with Gasteiger partial charge in [-0.2, -0.15) is 0 Å². The van der Waals surface area contributed by atoms with Gasteiger partial charge in [0.15, 0.2) is 5.69 Å². The Morgan fingerprint density at radius 2 is 2.39 bits per heavy atom. The molecule has 1 aliphatic rings. The molecule has 1 unspecified atom stereocenters. The van der Waals surface area contributed by atoms with Crippen molar-refractivity contribution in [3.63, 3.8) is 0 Å². The highest BCUT2D eigenvalue weighted by atomic mass is 16.5. The van der Waals surface area contributed by atoms with E-state index < -0.39 is 0 Å². The number of methoxy groups -OCH3 is 1. The quantitative estimate of drug-likeness (QED) is 0.855. The number of aromatic nitrogens is 2. The molecule has 0 aliphatic carbocycles. The average molecular weight is 250 g/mol. The molecule has 0 spiro atoms. The molecule has 0 radical (unpaired) electrons. The molecule has 1 aliphatic heterocycles. The number of carbonyl (C=O) groups excluding carboxylic acids is 1. The van der Waals surface area contributed by atoms with Crippen LogP contribution in [0.5, 0.6) is 0 Å². The number of ether oxygens (including phenoxy) is 1. The van der Waals surface area contributed by atoms with Crippen LogP contribution in [0.25, 0.3) is 0 Å². The number of nitrogens with one attached hydrogen (secondary N) is 1. The largest absolute Gasteiger partial charge is 0.380 e. The van der Waals surface area contributed by atoms with Crippen molar-refractivity contribution >= 4 is 11.7 Å². The molecule has 1 aromatic rings. The third-order valence-electron chi connectivity index (χ3n) is 3.01. The average Bonchev–Trinajstić information content (AvgIpc) is 2.88. The first kappa shape index (κ1) is 12.8. The molecule has 98 valence electrons. The topological polar surface area (TPSA) is 67.4 Å². The number of carbonyl (C=O) groups is 1. The van der Waals surface area contributed by atoms with Crippen LogP contribution in [-0.2, 0) is 4.74 Å². The van der Waals surface area contributed by atoms with Crippen LogP contribution >= 0.6 is 0 Å². The fraction of sp³-hybridized carbons (Fsp3) is 0.583. The van der Waals surface area contributed by atoms with E-state index in [-0.39, 0.29) is 12.0 Å². The van der Waals surface area contributed by atoms with Crippen molar-refractivity contribution in [2.75, 3.05) is 32.1 Å². The predicted octanol–water partition coefficient (Wildman–Crippen LogP) is 0.769. The molecule has 1 atom stereocenters. The van der Waals surface area contributed by atoms with Gasteiger partial charge in [-0.25, -0.2) is 0 Å². The molecule has 2 rings (SSSR count). The number of hydrogen-bond donors (Lipinski definition) is 1. The van der Waals surface area contributed by atoms with Crippen LogP contribution in [0.15, 0.2) is 12.1 Å². The maximum atomic E-state index is 12.1. The lowest BCUT2D eigenvalue weighted by atomic mass is 10.3. The summed E-state index contributed by atoms with van der Waals surface area (Å²) in [5.74, 6) is 0.607. The molecule has 0 aromatic carbocycles. The molecule has 1 N–H and O–H groups in total. The lowest BCUT2D eigenvalue weighted by molar-refractivity contribution is 0.0718. The van der Waals surface area contributed by atoms with Crippen molar-refractivity contribution in [2.45, 2.75) is 19.4 Å². The summed E-state index contributed by atoms with van der Waals surface area (Å²) in [5, 5.41) is 10.9. The van der Waals surface area contributed by atoms with Gasteiger partial charge in [0, 0.05) is 26.7 Å². The Kier molecular flexibility index (Phi) is 4.09. The number of amides is 1. The van der Waals surface area contributed by atoms with Gasteiger partial charge in [-0.1, -0.05) is 0 Å². The molecule has 1 amide bonds. The molecule has 6 nitrogen and oxygen atoms in total. The summed E-state index contributed by atoms with van der Waals surface area (Å²) in [6.07, 6.45) is 1.02. The Bertz CT molecular complexity index is 407. The maximum Gasteiger partial charge on any atom is 0.274 e. The minimum absolute atomic E-state index is 0.0786. The monoisotopic (exact) mass is 250 g/mol. The number of likely N-dealkylation sites (tertiary alicyclic amines) is 1. The SMILES string of the molecule is CCNc1ccc(C(=O)N2CCC(OC)C2)nn1. The maximum absolute atomic E-state index is 12.1.